The number of benzene rings is 2. The molecule has 0 saturated carbocycles. The average molecular weight is 652 g/mol. The predicted molar refractivity (Wildman–Crippen MR) is 186 cm³/mol. The summed E-state index contributed by atoms with van der Waals surface area (Å²) in [5, 5.41) is 5.77. The van der Waals surface area contributed by atoms with E-state index in [1.165, 1.54) is 0 Å². The smallest absolute Gasteiger partial charge is 0.408 e. The van der Waals surface area contributed by atoms with Gasteiger partial charge < -0.3 is 25.0 Å². The number of carbonyl (C=O) groups is 4. The van der Waals surface area contributed by atoms with Gasteiger partial charge in [0.25, 0.3) is 0 Å². The molecule has 3 amide bonds. The highest BCUT2D eigenvalue weighted by Crippen LogP contribution is 2.27. The molecule has 9 nitrogen and oxygen atoms in total. The van der Waals surface area contributed by atoms with Crippen LogP contribution in [0.3, 0.4) is 0 Å². The number of rotatable bonds is 15. The number of nitrogens with zero attached hydrogens (tertiary/aromatic N) is 1. The highest BCUT2D eigenvalue weighted by atomic mass is 16.6. The molecule has 0 saturated heterocycles. The van der Waals surface area contributed by atoms with E-state index in [9.17, 15) is 19.2 Å². The second-order valence-electron chi connectivity index (χ2n) is 14.2. The van der Waals surface area contributed by atoms with Crippen molar-refractivity contribution in [1.29, 1.82) is 0 Å². The Labute approximate surface area is 282 Å². The van der Waals surface area contributed by atoms with Gasteiger partial charge in [-0.1, -0.05) is 95.1 Å². The lowest BCUT2D eigenvalue weighted by atomic mass is 9.95. The van der Waals surface area contributed by atoms with Gasteiger partial charge in [-0.2, -0.15) is 0 Å². The summed E-state index contributed by atoms with van der Waals surface area (Å²) in [4.78, 5) is 57.1. The van der Waals surface area contributed by atoms with Crippen LogP contribution in [0.4, 0.5) is 4.79 Å². The molecule has 0 radical (unpaired) electrons. The van der Waals surface area contributed by atoms with Gasteiger partial charge in [0.05, 0.1) is 0 Å². The van der Waals surface area contributed by atoms with Crippen molar-refractivity contribution in [3.05, 3.63) is 71.3 Å². The molecule has 2 aromatic carbocycles. The third-order valence-electron chi connectivity index (χ3n) is 7.74. The first-order valence-corrected chi connectivity index (χ1v) is 17.0. The van der Waals surface area contributed by atoms with Crippen molar-refractivity contribution in [3.63, 3.8) is 0 Å². The lowest BCUT2D eigenvalue weighted by Gasteiger charge is -2.36. The minimum absolute atomic E-state index is 0.210. The number of unbranched alkanes of at least 4 members (excludes halogenated alkanes) is 1. The molecule has 0 aliphatic heterocycles. The van der Waals surface area contributed by atoms with Crippen LogP contribution in [0.25, 0.3) is 0 Å². The number of alkyl carbamates (subject to hydrolysis) is 1. The van der Waals surface area contributed by atoms with E-state index in [-0.39, 0.29) is 18.9 Å². The fourth-order valence-electron chi connectivity index (χ4n) is 5.07. The van der Waals surface area contributed by atoms with Crippen LogP contribution >= 0.6 is 0 Å². The summed E-state index contributed by atoms with van der Waals surface area (Å²) in [5.74, 6) is -1.72. The molecular weight excluding hydrogens is 594 g/mol. The van der Waals surface area contributed by atoms with Crippen molar-refractivity contribution >= 4 is 23.9 Å². The van der Waals surface area contributed by atoms with Crippen LogP contribution in [-0.4, -0.2) is 58.6 Å². The van der Waals surface area contributed by atoms with Crippen LogP contribution < -0.4 is 10.6 Å². The Morgan fingerprint density at radius 2 is 1.38 bits per heavy atom. The summed E-state index contributed by atoms with van der Waals surface area (Å²) in [6.45, 7) is 18.8. The number of carbonyl (C=O) groups excluding carboxylic acids is 4. The van der Waals surface area contributed by atoms with E-state index < -0.39 is 53.2 Å². The van der Waals surface area contributed by atoms with E-state index in [0.29, 0.717) is 18.4 Å². The second-order valence-corrected chi connectivity index (χ2v) is 14.2. The van der Waals surface area contributed by atoms with E-state index in [0.717, 1.165) is 24.0 Å². The standard InChI is InChI=1S/C38H57N3O6/c1-11-14-24-41(34(43)31(26(4)12-2)40-36(45)47-38(8,9)10)32(29-22-20-27(13-3)21-23-29)33(42)39-30(35(44)46-37(5,6)7)25-28-18-16-15-17-19-28/h15-23,26,30-32H,11-14,24-25H2,1-10H3,(H,39,42)(H,40,45). The van der Waals surface area contributed by atoms with Crippen LogP contribution in [0.15, 0.2) is 54.6 Å². The van der Waals surface area contributed by atoms with Crippen LogP contribution in [-0.2, 0) is 36.7 Å². The van der Waals surface area contributed by atoms with Crippen molar-refractivity contribution in [2.24, 2.45) is 5.92 Å². The second kappa shape index (κ2) is 17.9. The fourth-order valence-corrected chi connectivity index (χ4v) is 5.07. The molecule has 0 fully saturated rings. The van der Waals surface area contributed by atoms with Crippen molar-refractivity contribution in [1.82, 2.24) is 15.5 Å². The fraction of sp³-hybridized carbons (Fsp3) is 0.579. The van der Waals surface area contributed by atoms with Gasteiger partial charge in [-0.05, 0) is 77.0 Å². The zero-order valence-corrected chi connectivity index (χ0v) is 30.1. The molecule has 0 aromatic heterocycles. The van der Waals surface area contributed by atoms with E-state index in [2.05, 4.69) is 10.6 Å². The average Bonchev–Trinajstić information content (AvgIpc) is 2.99. The van der Waals surface area contributed by atoms with Crippen molar-refractivity contribution < 1.29 is 28.7 Å². The van der Waals surface area contributed by atoms with Crippen LogP contribution in [0.5, 0.6) is 0 Å². The Morgan fingerprint density at radius 1 is 0.787 bits per heavy atom. The van der Waals surface area contributed by atoms with Crippen molar-refractivity contribution in [2.75, 3.05) is 6.54 Å². The third kappa shape index (κ3) is 13.0. The first kappa shape index (κ1) is 39.3. The maximum atomic E-state index is 14.6. The van der Waals surface area contributed by atoms with Crippen molar-refractivity contribution in [3.8, 4) is 0 Å². The van der Waals surface area contributed by atoms with Crippen LogP contribution in [0.1, 0.15) is 111 Å². The van der Waals surface area contributed by atoms with Gasteiger partial charge in [0.1, 0.15) is 29.3 Å². The summed E-state index contributed by atoms with van der Waals surface area (Å²) in [7, 11) is 0. The molecule has 4 unspecified atom stereocenters. The monoisotopic (exact) mass is 651 g/mol. The molecule has 260 valence electrons. The minimum atomic E-state index is -1.08. The molecule has 2 N–H and O–H groups in total. The summed E-state index contributed by atoms with van der Waals surface area (Å²) in [6.07, 6.45) is 2.32. The highest BCUT2D eigenvalue weighted by Gasteiger charge is 2.39. The molecule has 47 heavy (non-hydrogen) atoms. The van der Waals surface area contributed by atoms with Gasteiger partial charge in [-0.3, -0.25) is 9.59 Å². The highest BCUT2D eigenvalue weighted by molar-refractivity contribution is 5.94. The molecule has 0 bridgehead atoms. The number of aryl methyl sites for hydroxylation is 1. The molecule has 9 heteroatoms. The molecule has 0 aliphatic carbocycles. The number of ether oxygens (including phenoxy) is 2. The zero-order valence-electron chi connectivity index (χ0n) is 30.1. The normalized spacial score (nSPS) is 14.3. The van der Waals surface area contributed by atoms with Gasteiger partial charge in [0.2, 0.25) is 11.8 Å². The van der Waals surface area contributed by atoms with E-state index in [1.54, 1.807) is 46.4 Å². The minimum Gasteiger partial charge on any atom is -0.458 e. The molecular formula is C38H57N3O6. The topological polar surface area (TPSA) is 114 Å². The maximum Gasteiger partial charge on any atom is 0.408 e. The van der Waals surface area contributed by atoms with Crippen LogP contribution in [0, 0.1) is 5.92 Å². The van der Waals surface area contributed by atoms with Gasteiger partial charge >= 0.3 is 12.1 Å². The molecule has 0 spiro atoms. The van der Waals surface area contributed by atoms with Gasteiger partial charge in [-0.25, -0.2) is 9.59 Å². The van der Waals surface area contributed by atoms with E-state index in [1.807, 2.05) is 82.3 Å². The summed E-state index contributed by atoms with van der Waals surface area (Å²) >= 11 is 0. The largest absolute Gasteiger partial charge is 0.458 e. The summed E-state index contributed by atoms with van der Waals surface area (Å²) < 4.78 is 11.2. The number of amides is 3. The van der Waals surface area contributed by atoms with E-state index >= 15 is 0 Å². The molecule has 4 atom stereocenters. The number of nitrogens with one attached hydrogen (secondary N) is 2. The Hall–Kier alpha value is -3.88. The van der Waals surface area contributed by atoms with Gasteiger partial charge in [0, 0.05) is 13.0 Å². The summed E-state index contributed by atoms with van der Waals surface area (Å²) in [6, 6.07) is 14.0. The molecule has 2 rings (SSSR count). The number of esters is 1. The Bertz CT molecular complexity index is 1300. The summed E-state index contributed by atoms with van der Waals surface area (Å²) in [5.41, 5.74) is 1.01. The van der Waals surface area contributed by atoms with Gasteiger partial charge in [0.15, 0.2) is 0 Å². The predicted octanol–water partition coefficient (Wildman–Crippen LogP) is 6.93. The number of hydrogen-bond donors (Lipinski definition) is 2. The van der Waals surface area contributed by atoms with Crippen LogP contribution in [0.2, 0.25) is 0 Å². The Kier molecular flexibility index (Phi) is 14.9. The molecule has 0 heterocycles. The van der Waals surface area contributed by atoms with Gasteiger partial charge in [-0.15, -0.1) is 0 Å². The first-order chi connectivity index (χ1) is 22.0. The Balaban J connectivity index is 2.64. The van der Waals surface area contributed by atoms with E-state index in [4.69, 9.17) is 9.47 Å². The quantitative estimate of drug-likeness (QED) is 0.202. The maximum absolute atomic E-state index is 14.6. The zero-order chi connectivity index (χ0) is 35.4. The third-order valence-corrected chi connectivity index (χ3v) is 7.74. The first-order valence-electron chi connectivity index (χ1n) is 17.0. The lowest BCUT2D eigenvalue weighted by molar-refractivity contribution is -0.159. The Morgan fingerprint density at radius 3 is 1.89 bits per heavy atom. The molecule has 2 aromatic rings. The SMILES string of the molecule is CCCCN(C(=O)C(NC(=O)OC(C)(C)C)C(C)CC)C(C(=O)NC(Cc1ccccc1)C(=O)OC(C)(C)C)c1ccc(CC)cc1. The van der Waals surface area contributed by atoms with Crippen molar-refractivity contribution in [2.45, 2.75) is 131 Å². The number of hydrogen-bond acceptors (Lipinski definition) is 6. The molecule has 0 aliphatic rings. The lowest BCUT2D eigenvalue weighted by Crippen LogP contribution is -2.56.